The van der Waals surface area contributed by atoms with Gasteiger partial charge in [-0.25, -0.2) is 0 Å². The van der Waals surface area contributed by atoms with Gasteiger partial charge < -0.3 is 15.8 Å². The number of nitrogens with one attached hydrogen (secondary N) is 1. The van der Waals surface area contributed by atoms with E-state index < -0.39 is 11.7 Å². The summed E-state index contributed by atoms with van der Waals surface area (Å²) in [5.41, 5.74) is 5.40. The predicted octanol–water partition coefficient (Wildman–Crippen LogP) is 3.12. The maximum atomic E-state index is 12.4. The minimum Gasteiger partial charge on any atom is -0.397 e. The van der Waals surface area contributed by atoms with Crippen molar-refractivity contribution in [1.29, 1.82) is 0 Å². The lowest BCUT2D eigenvalue weighted by molar-refractivity contribution is -0.137. The average molecular weight is 262 g/mol. The van der Waals surface area contributed by atoms with Crippen LogP contribution in [0.5, 0.6) is 0 Å². The second-order valence-electron chi connectivity index (χ2n) is 4.00. The highest BCUT2D eigenvalue weighted by Crippen LogP contribution is 2.32. The first-order valence-electron chi connectivity index (χ1n) is 5.65. The number of nitrogen functional groups attached to an aromatic ring is 1. The number of nitrogens with two attached hydrogens (primary N) is 1. The molecule has 0 saturated heterocycles. The number of anilines is 2. The highest BCUT2D eigenvalue weighted by Gasteiger charge is 2.30. The number of rotatable bonds is 5. The van der Waals surface area contributed by atoms with Gasteiger partial charge in [-0.05, 0) is 32.0 Å². The summed E-state index contributed by atoms with van der Waals surface area (Å²) < 4.78 is 42.5. The first kappa shape index (κ1) is 14.6. The van der Waals surface area contributed by atoms with E-state index in [0.29, 0.717) is 18.9 Å². The number of hydrogen-bond acceptors (Lipinski definition) is 3. The summed E-state index contributed by atoms with van der Waals surface area (Å²) in [6.07, 6.45) is -4.37. The van der Waals surface area contributed by atoms with Crippen molar-refractivity contribution in [1.82, 2.24) is 0 Å². The SMILES string of the molecule is CCOCC(C)Nc1ccc(C(F)(F)F)cc1N. The zero-order valence-electron chi connectivity index (χ0n) is 10.3. The van der Waals surface area contributed by atoms with E-state index in [0.717, 1.165) is 12.1 Å². The number of hydrogen-bond donors (Lipinski definition) is 2. The van der Waals surface area contributed by atoms with Crippen molar-refractivity contribution < 1.29 is 17.9 Å². The molecule has 1 atom stereocenters. The summed E-state index contributed by atoms with van der Waals surface area (Å²) in [5.74, 6) is 0. The van der Waals surface area contributed by atoms with Crippen LogP contribution in [-0.2, 0) is 10.9 Å². The van der Waals surface area contributed by atoms with Crippen LogP contribution in [0.4, 0.5) is 24.5 Å². The molecule has 1 unspecified atom stereocenters. The van der Waals surface area contributed by atoms with Gasteiger partial charge in [0.15, 0.2) is 0 Å². The third-order valence-corrected chi connectivity index (χ3v) is 2.35. The van der Waals surface area contributed by atoms with Crippen LogP contribution in [0, 0.1) is 0 Å². The van der Waals surface area contributed by atoms with Crippen molar-refractivity contribution in [2.75, 3.05) is 24.3 Å². The number of alkyl halides is 3. The standard InChI is InChI=1S/C12H17F3N2O/c1-3-18-7-8(2)17-11-5-4-9(6-10(11)16)12(13,14)15/h4-6,8,17H,3,7,16H2,1-2H3. The minimum absolute atomic E-state index is 0.0241. The molecule has 0 spiro atoms. The van der Waals surface area contributed by atoms with Gasteiger partial charge in [0.25, 0.3) is 0 Å². The van der Waals surface area contributed by atoms with E-state index >= 15 is 0 Å². The fraction of sp³-hybridized carbons (Fsp3) is 0.500. The third kappa shape index (κ3) is 4.10. The topological polar surface area (TPSA) is 47.3 Å². The van der Waals surface area contributed by atoms with Crippen molar-refractivity contribution in [3.05, 3.63) is 23.8 Å². The van der Waals surface area contributed by atoms with Crippen LogP contribution >= 0.6 is 0 Å². The Labute approximate surface area is 104 Å². The Hall–Kier alpha value is -1.43. The molecular weight excluding hydrogens is 245 g/mol. The maximum Gasteiger partial charge on any atom is 0.416 e. The molecule has 1 aromatic carbocycles. The zero-order chi connectivity index (χ0) is 13.8. The van der Waals surface area contributed by atoms with Crippen LogP contribution in [-0.4, -0.2) is 19.3 Å². The molecule has 0 aromatic heterocycles. The molecule has 0 bridgehead atoms. The Morgan fingerprint density at radius 3 is 2.56 bits per heavy atom. The van der Waals surface area contributed by atoms with E-state index in [9.17, 15) is 13.2 Å². The molecule has 3 N–H and O–H groups in total. The summed E-state index contributed by atoms with van der Waals surface area (Å²) in [4.78, 5) is 0. The van der Waals surface area contributed by atoms with E-state index in [-0.39, 0.29) is 11.7 Å². The minimum atomic E-state index is -4.37. The fourth-order valence-electron chi connectivity index (χ4n) is 1.47. The lowest BCUT2D eigenvalue weighted by Crippen LogP contribution is -2.22. The van der Waals surface area contributed by atoms with Crippen molar-refractivity contribution >= 4 is 11.4 Å². The quantitative estimate of drug-likeness (QED) is 0.801. The van der Waals surface area contributed by atoms with Crippen LogP contribution in [0.25, 0.3) is 0 Å². The monoisotopic (exact) mass is 262 g/mol. The molecular formula is C12H17F3N2O. The summed E-state index contributed by atoms with van der Waals surface area (Å²) in [6, 6.07) is 3.24. The lowest BCUT2D eigenvalue weighted by atomic mass is 10.1. The van der Waals surface area contributed by atoms with Crippen molar-refractivity contribution in [2.24, 2.45) is 0 Å². The predicted molar refractivity (Wildman–Crippen MR) is 65.4 cm³/mol. The molecule has 0 radical (unpaired) electrons. The van der Waals surface area contributed by atoms with Gasteiger partial charge in [0.1, 0.15) is 0 Å². The van der Waals surface area contributed by atoms with Crippen LogP contribution < -0.4 is 11.1 Å². The highest BCUT2D eigenvalue weighted by molar-refractivity contribution is 5.67. The molecule has 3 nitrogen and oxygen atoms in total. The van der Waals surface area contributed by atoms with Crippen molar-refractivity contribution in [3.8, 4) is 0 Å². The molecule has 0 fully saturated rings. The molecule has 18 heavy (non-hydrogen) atoms. The van der Waals surface area contributed by atoms with E-state index in [2.05, 4.69) is 5.32 Å². The molecule has 0 aliphatic carbocycles. The Kier molecular flexibility index (Phi) is 4.84. The van der Waals surface area contributed by atoms with Gasteiger partial charge in [-0.1, -0.05) is 0 Å². The van der Waals surface area contributed by atoms with E-state index in [1.54, 1.807) is 0 Å². The van der Waals surface area contributed by atoms with Gasteiger partial charge in [-0.3, -0.25) is 0 Å². The van der Waals surface area contributed by atoms with Gasteiger partial charge in [0, 0.05) is 12.6 Å². The molecule has 0 aliphatic rings. The molecule has 0 aliphatic heterocycles. The first-order valence-corrected chi connectivity index (χ1v) is 5.65. The van der Waals surface area contributed by atoms with E-state index in [1.807, 2.05) is 13.8 Å². The summed E-state index contributed by atoms with van der Waals surface area (Å²) in [6.45, 7) is 4.80. The second kappa shape index (κ2) is 5.95. The molecule has 1 aromatic rings. The third-order valence-electron chi connectivity index (χ3n) is 2.35. The number of benzene rings is 1. The van der Waals surface area contributed by atoms with E-state index in [4.69, 9.17) is 10.5 Å². The van der Waals surface area contributed by atoms with Gasteiger partial charge in [-0.2, -0.15) is 13.2 Å². The Morgan fingerprint density at radius 1 is 1.39 bits per heavy atom. The fourth-order valence-corrected chi connectivity index (χ4v) is 1.47. The molecule has 1 rings (SSSR count). The number of halogens is 3. The van der Waals surface area contributed by atoms with Gasteiger partial charge >= 0.3 is 6.18 Å². The van der Waals surface area contributed by atoms with Crippen molar-refractivity contribution in [3.63, 3.8) is 0 Å². The Morgan fingerprint density at radius 2 is 2.06 bits per heavy atom. The molecule has 0 amide bonds. The van der Waals surface area contributed by atoms with Gasteiger partial charge in [0.2, 0.25) is 0 Å². The van der Waals surface area contributed by atoms with Crippen LogP contribution in [0.3, 0.4) is 0 Å². The second-order valence-corrected chi connectivity index (χ2v) is 4.00. The Balaban J connectivity index is 2.74. The largest absolute Gasteiger partial charge is 0.416 e. The van der Waals surface area contributed by atoms with Crippen LogP contribution in [0.15, 0.2) is 18.2 Å². The molecule has 102 valence electrons. The highest BCUT2D eigenvalue weighted by atomic mass is 19.4. The molecule has 6 heteroatoms. The van der Waals surface area contributed by atoms with Gasteiger partial charge in [0.05, 0.1) is 23.5 Å². The van der Waals surface area contributed by atoms with E-state index in [1.165, 1.54) is 6.07 Å². The van der Waals surface area contributed by atoms with Crippen LogP contribution in [0.1, 0.15) is 19.4 Å². The zero-order valence-corrected chi connectivity index (χ0v) is 10.3. The maximum absolute atomic E-state index is 12.4. The van der Waals surface area contributed by atoms with Crippen molar-refractivity contribution in [2.45, 2.75) is 26.1 Å². The first-order chi connectivity index (χ1) is 8.34. The van der Waals surface area contributed by atoms with Gasteiger partial charge in [-0.15, -0.1) is 0 Å². The normalized spacial score (nSPS) is 13.4. The summed E-state index contributed by atoms with van der Waals surface area (Å²) >= 11 is 0. The average Bonchev–Trinajstić information content (AvgIpc) is 2.27. The smallest absolute Gasteiger partial charge is 0.397 e. The van der Waals surface area contributed by atoms with Crippen LogP contribution in [0.2, 0.25) is 0 Å². The summed E-state index contributed by atoms with van der Waals surface area (Å²) in [5, 5.41) is 3.01. The molecule has 0 saturated carbocycles. The summed E-state index contributed by atoms with van der Waals surface area (Å²) in [7, 11) is 0. The number of ether oxygens (including phenoxy) is 1. The Bertz CT molecular complexity index is 393. The molecule has 0 heterocycles. The lowest BCUT2D eigenvalue weighted by Gasteiger charge is -2.17.